The van der Waals surface area contributed by atoms with E-state index in [9.17, 15) is 8.42 Å². The van der Waals surface area contributed by atoms with Crippen LogP contribution in [0.4, 0.5) is 0 Å². The number of rotatable bonds is 9. The fourth-order valence-corrected chi connectivity index (χ4v) is 5.00. The number of ether oxygens (including phenoxy) is 1. The van der Waals surface area contributed by atoms with Crippen LogP contribution in [-0.2, 0) is 14.5 Å². The molecule has 0 spiro atoms. The van der Waals surface area contributed by atoms with Crippen LogP contribution in [-0.4, -0.2) is 23.8 Å². The van der Waals surface area contributed by atoms with Crippen molar-refractivity contribution in [2.24, 2.45) is 0 Å². The summed E-state index contributed by atoms with van der Waals surface area (Å²) in [6, 6.07) is 11.7. The second-order valence-electron chi connectivity index (χ2n) is 9.15. The highest BCUT2D eigenvalue weighted by atomic mass is 32.2. The van der Waals surface area contributed by atoms with Gasteiger partial charge < -0.3 is 13.3 Å². The molecule has 31 heavy (non-hydrogen) atoms. The smallest absolute Gasteiger partial charge is 0.339 e. The highest BCUT2D eigenvalue weighted by Crippen LogP contribution is 2.42. The summed E-state index contributed by atoms with van der Waals surface area (Å²) in [4.78, 5) is 0.0926. The molecular weight excluding hydrogens is 428 g/mol. The van der Waals surface area contributed by atoms with E-state index in [1.54, 1.807) is 24.3 Å². The molecule has 0 aliphatic heterocycles. The van der Waals surface area contributed by atoms with Crippen LogP contribution in [0, 0.1) is 6.92 Å². The van der Waals surface area contributed by atoms with Gasteiger partial charge in [0.1, 0.15) is 4.90 Å². The van der Waals surface area contributed by atoms with Gasteiger partial charge in [-0.3, -0.25) is 0 Å². The fourth-order valence-electron chi connectivity index (χ4n) is 2.76. The molecule has 0 heterocycles. The molecule has 2 rings (SSSR count). The molecule has 0 fully saturated rings. The fraction of sp³-hybridized carbons (Fsp3) is 0.417. The Morgan fingerprint density at radius 2 is 1.68 bits per heavy atom. The predicted octanol–water partition coefficient (Wildman–Crippen LogP) is 6.41. The van der Waals surface area contributed by atoms with E-state index >= 15 is 0 Å². The Labute approximate surface area is 188 Å². The second kappa shape index (κ2) is 9.59. The Bertz CT molecular complexity index is 1010. The molecule has 0 aromatic heterocycles. The Morgan fingerprint density at radius 3 is 2.19 bits per heavy atom. The van der Waals surface area contributed by atoms with Crippen LogP contribution < -0.4 is 8.92 Å². The molecule has 0 aliphatic carbocycles. The van der Waals surface area contributed by atoms with Gasteiger partial charge in [0.15, 0.2) is 19.8 Å². The summed E-state index contributed by atoms with van der Waals surface area (Å²) >= 11 is 0. The number of benzene rings is 2. The van der Waals surface area contributed by atoms with Crippen molar-refractivity contribution in [3.8, 4) is 11.5 Å². The first kappa shape index (κ1) is 25.2. The van der Waals surface area contributed by atoms with E-state index in [2.05, 4.69) is 40.4 Å². The molecule has 0 bridgehead atoms. The van der Waals surface area contributed by atoms with Gasteiger partial charge in [0.05, 0.1) is 13.2 Å². The van der Waals surface area contributed by atoms with Gasteiger partial charge in [-0.2, -0.15) is 8.42 Å². The Hall–Kier alpha value is -2.09. The van der Waals surface area contributed by atoms with Crippen molar-refractivity contribution in [2.45, 2.75) is 63.2 Å². The zero-order chi connectivity index (χ0) is 23.4. The average molecular weight is 463 g/mol. The van der Waals surface area contributed by atoms with E-state index in [0.29, 0.717) is 12.2 Å². The molecule has 0 radical (unpaired) electrons. The summed E-state index contributed by atoms with van der Waals surface area (Å²) in [7, 11) is -4.52. The van der Waals surface area contributed by atoms with E-state index in [1.165, 1.54) is 19.2 Å². The molecule has 7 heteroatoms. The average Bonchev–Trinajstić information content (AvgIpc) is 2.67. The van der Waals surface area contributed by atoms with Crippen LogP contribution in [0.3, 0.4) is 0 Å². The van der Waals surface area contributed by atoms with E-state index in [0.717, 1.165) is 11.1 Å². The summed E-state index contributed by atoms with van der Waals surface area (Å²) < 4.78 is 42.8. The molecule has 0 saturated carbocycles. The summed E-state index contributed by atoms with van der Waals surface area (Å²) in [5.74, 6) is 0.470. The third-order valence-corrected chi connectivity index (χ3v) is 11.4. The van der Waals surface area contributed by atoms with Crippen molar-refractivity contribution >= 4 is 18.4 Å². The van der Waals surface area contributed by atoms with Crippen molar-refractivity contribution < 1.29 is 21.8 Å². The van der Waals surface area contributed by atoms with Gasteiger partial charge in [0.25, 0.3) is 0 Å². The lowest BCUT2D eigenvalue weighted by molar-refractivity contribution is 0.186. The van der Waals surface area contributed by atoms with E-state index in [-0.39, 0.29) is 21.8 Å². The van der Waals surface area contributed by atoms with Gasteiger partial charge in [0.2, 0.25) is 0 Å². The lowest BCUT2D eigenvalue weighted by Gasteiger charge is -2.39. The van der Waals surface area contributed by atoms with Crippen molar-refractivity contribution in [2.75, 3.05) is 7.11 Å². The van der Waals surface area contributed by atoms with E-state index < -0.39 is 18.4 Å². The number of aryl methyl sites for hydroxylation is 1. The molecule has 170 valence electrons. The molecule has 1 atom stereocenters. The summed E-state index contributed by atoms with van der Waals surface area (Å²) in [5, 5.41) is 0.0572. The van der Waals surface area contributed by atoms with Crippen LogP contribution in [0.2, 0.25) is 18.1 Å². The van der Waals surface area contributed by atoms with Crippen molar-refractivity contribution in [3.05, 3.63) is 66.2 Å². The Kier molecular flexibility index (Phi) is 7.78. The maximum atomic E-state index is 12.7. The minimum Gasteiger partial charge on any atom is -0.493 e. The van der Waals surface area contributed by atoms with Crippen molar-refractivity contribution in [1.82, 2.24) is 0 Å². The molecule has 0 aliphatic rings. The SMILES string of the molecule is C=CC[C@@H](O[Si](C)(C)C(C)(C)C)c1ccc(OS(=O)(=O)c2ccc(C)cc2)c(OC)c1. The largest absolute Gasteiger partial charge is 0.493 e. The molecule has 2 aromatic rings. The van der Waals surface area contributed by atoms with Gasteiger partial charge in [-0.1, -0.05) is 50.6 Å². The third kappa shape index (κ3) is 6.21. The first-order valence-electron chi connectivity index (χ1n) is 10.3. The summed E-state index contributed by atoms with van der Waals surface area (Å²) in [5.41, 5.74) is 1.86. The zero-order valence-electron chi connectivity index (χ0n) is 19.6. The monoisotopic (exact) mass is 462 g/mol. The van der Waals surface area contributed by atoms with Gasteiger partial charge in [-0.25, -0.2) is 0 Å². The second-order valence-corrected chi connectivity index (χ2v) is 15.5. The highest BCUT2D eigenvalue weighted by Gasteiger charge is 2.39. The third-order valence-electron chi connectivity index (χ3n) is 5.69. The van der Waals surface area contributed by atoms with Gasteiger partial charge in [-0.15, -0.1) is 6.58 Å². The molecular formula is C24H34O5SSi. The molecule has 2 aromatic carbocycles. The molecule has 0 saturated heterocycles. The lowest BCUT2D eigenvalue weighted by atomic mass is 10.1. The maximum absolute atomic E-state index is 12.7. The number of hydrogen-bond donors (Lipinski definition) is 0. The predicted molar refractivity (Wildman–Crippen MR) is 128 cm³/mol. The standard InChI is InChI=1S/C24H34O5SSi/c1-9-10-21(29-31(7,8)24(3,4)5)19-13-16-22(23(17-19)27-6)28-30(25,26)20-14-11-18(2)12-15-20/h9,11-17,21H,1,10H2,2-8H3/t21-/m1/s1. The summed E-state index contributed by atoms with van der Waals surface area (Å²) in [6.07, 6.45) is 2.27. The van der Waals surface area contributed by atoms with E-state index in [4.69, 9.17) is 13.3 Å². The Morgan fingerprint density at radius 1 is 1.06 bits per heavy atom. The zero-order valence-corrected chi connectivity index (χ0v) is 21.4. The minimum atomic E-state index is -3.97. The first-order valence-corrected chi connectivity index (χ1v) is 14.6. The summed E-state index contributed by atoms with van der Waals surface area (Å²) in [6.45, 7) is 16.7. The van der Waals surface area contributed by atoms with Crippen LogP contribution in [0.1, 0.15) is 44.4 Å². The molecule has 0 N–H and O–H groups in total. The van der Waals surface area contributed by atoms with Crippen molar-refractivity contribution in [1.29, 1.82) is 0 Å². The number of hydrogen-bond acceptors (Lipinski definition) is 5. The van der Waals surface area contributed by atoms with Crippen LogP contribution in [0.5, 0.6) is 11.5 Å². The molecule has 0 amide bonds. The van der Waals surface area contributed by atoms with Gasteiger partial charge in [0, 0.05) is 0 Å². The van der Waals surface area contributed by atoms with Crippen LogP contribution >= 0.6 is 0 Å². The Balaban J connectivity index is 2.36. The topological polar surface area (TPSA) is 61.8 Å². The van der Waals surface area contributed by atoms with Crippen molar-refractivity contribution in [3.63, 3.8) is 0 Å². The molecule has 0 unspecified atom stereocenters. The van der Waals surface area contributed by atoms with Crippen LogP contribution in [0.15, 0.2) is 60.0 Å². The van der Waals surface area contributed by atoms with Crippen LogP contribution in [0.25, 0.3) is 0 Å². The molecule has 5 nitrogen and oxygen atoms in total. The minimum absolute atomic E-state index is 0.0572. The lowest BCUT2D eigenvalue weighted by Crippen LogP contribution is -2.41. The van der Waals surface area contributed by atoms with Gasteiger partial charge >= 0.3 is 10.1 Å². The highest BCUT2D eigenvalue weighted by molar-refractivity contribution is 7.87. The maximum Gasteiger partial charge on any atom is 0.339 e. The van der Waals surface area contributed by atoms with Gasteiger partial charge in [-0.05, 0) is 61.3 Å². The first-order chi connectivity index (χ1) is 14.3. The van der Waals surface area contributed by atoms with E-state index in [1.807, 2.05) is 19.1 Å². The number of methoxy groups -OCH3 is 1. The quantitative estimate of drug-likeness (QED) is 0.245. The normalized spacial score (nSPS) is 13.5.